The second-order valence-electron chi connectivity index (χ2n) is 24.4. The molecule has 4 saturated heterocycles. The van der Waals surface area contributed by atoms with Gasteiger partial charge in [0.25, 0.3) is 0 Å². The summed E-state index contributed by atoms with van der Waals surface area (Å²) in [4.78, 5) is 98.8. The molecule has 78 heavy (non-hydrogen) atoms. The van der Waals surface area contributed by atoms with E-state index in [4.69, 9.17) is 71.1 Å². The van der Waals surface area contributed by atoms with Gasteiger partial charge in [-0.05, 0) is 184 Å². The summed E-state index contributed by atoms with van der Waals surface area (Å²) >= 11 is 6.12. The molecule has 0 aliphatic carbocycles. The van der Waals surface area contributed by atoms with Crippen LogP contribution in [0.15, 0.2) is 12.1 Å². The maximum atomic E-state index is 14.6. The van der Waals surface area contributed by atoms with Gasteiger partial charge in [0.05, 0.1) is 60.0 Å². The van der Waals surface area contributed by atoms with Gasteiger partial charge in [-0.2, -0.15) is 0 Å². The van der Waals surface area contributed by atoms with Gasteiger partial charge in [0.15, 0.2) is 28.9 Å². The Labute approximate surface area is 496 Å². The topological polar surface area (TPSA) is 258 Å². The smallest absolute Gasteiger partial charge is 0.324 e. The number of ether oxygens (including phenoxy) is 15. The van der Waals surface area contributed by atoms with Gasteiger partial charge in [0.2, 0.25) is 0 Å². The highest BCUT2D eigenvalue weighted by Gasteiger charge is 2.52. The summed E-state index contributed by atoms with van der Waals surface area (Å²) in [7, 11) is 0. The van der Waals surface area contributed by atoms with Gasteiger partial charge in [-0.1, -0.05) is 0 Å². The highest BCUT2D eigenvalue weighted by Crippen LogP contribution is 2.38. The van der Waals surface area contributed by atoms with Crippen molar-refractivity contribution in [3.8, 4) is 5.75 Å². The lowest BCUT2D eigenvalue weighted by atomic mass is 9.89. The van der Waals surface area contributed by atoms with Crippen LogP contribution in [-0.4, -0.2) is 157 Å². The van der Waals surface area contributed by atoms with Crippen LogP contribution >= 0.6 is 67.8 Å². The Morgan fingerprint density at radius 3 is 0.821 bits per heavy atom. The van der Waals surface area contributed by atoms with Gasteiger partial charge < -0.3 is 71.1 Å². The van der Waals surface area contributed by atoms with Gasteiger partial charge in [-0.3, -0.25) is 33.6 Å². The molecule has 22 nitrogen and oxygen atoms in total. The van der Waals surface area contributed by atoms with Crippen molar-refractivity contribution in [3.05, 3.63) is 22.8 Å². The maximum Gasteiger partial charge on any atom is 0.324 e. The fourth-order valence-electron chi connectivity index (χ4n) is 7.18. The molecule has 0 amide bonds. The number of carbonyl (C=O) groups excluding carboxylic acids is 7. The van der Waals surface area contributed by atoms with Crippen molar-refractivity contribution in [1.29, 1.82) is 0 Å². The molecule has 25 heteroatoms. The summed E-state index contributed by atoms with van der Waals surface area (Å²) in [6, 6.07) is 3.54. The fraction of sp³-hybridized carbons (Fsp3) is 0.755. The quantitative estimate of drug-likeness (QED) is 0.0560. The van der Waals surface area contributed by atoms with E-state index in [1.54, 1.807) is 95.2 Å². The summed E-state index contributed by atoms with van der Waals surface area (Å²) in [6.07, 6.45) is 0. The van der Waals surface area contributed by atoms with Crippen molar-refractivity contribution in [2.75, 3.05) is 92.5 Å². The molecule has 0 N–H and O–H groups in total. The summed E-state index contributed by atoms with van der Waals surface area (Å²) in [5.74, 6) is -10.0. The van der Waals surface area contributed by atoms with Crippen LogP contribution in [0.1, 0.15) is 104 Å². The number of hydrogen-bond acceptors (Lipinski definition) is 22. The Kier molecular flexibility index (Phi) is 20.9. The Hall–Kier alpha value is -2.62. The lowest BCUT2D eigenvalue weighted by Gasteiger charge is -2.41. The number of carbonyl (C=O) groups is 7. The van der Waals surface area contributed by atoms with Crippen molar-refractivity contribution in [1.82, 2.24) is 0 Å². The van der Waals surface area contributed by atoms with Crippen LogP contribution in [-0.2, 0) is 99.9 Å². The van der Waals surface area contributed by atoms with E-state index >= 15 is 0 Å². The SMILES string of the molecule is CC1(C)OCC(C)(C(=O)OCC(C)(COC(=O)C2(C)COC(C)(C)OC2)C(=O)OCC(C)(COC(=O)C(C)(COC(=O)C2(C)COC(C)(C)OC2)COC(=O)C2(C)COC(C)(C)OC2)C(=O)Oc2c(I)cc(I)cc2I)CO1. The molecule has 0 saturated carbocycles. The number of hydrogen-bond donors (Lipinski definition) is 0. The van der Waals surface area contributed by atoms with E-state index in [-0.39, 0.29) is 58.6 Å². The third kappa shape index (κ3) is 16.8. The molecule has 1 aromatic carbocycles. The second kappa shape index (κ2) is 24.7. The standard InChI is InChI=1S/C53H75I3O22/c1-43(2)70-24-50(12,25-71-43)38(59)64-18-47(9,19-65-39(60)51(13)26-72-44(3,4)73-27-51)36(57)68-22-49(11,42(63)78-35-33(55)16-32(54)17-34(35)56)23-69-37(58)48(10,20-66-40(61)52(14)28-74-45(5,6)75-29-52)21-67-41(62)53(15)30-76-46(7,8)77-31-53/h16-17H,18-31H2,1-15H3. The predicted octanol–water partition coefficient (Wildman–Crippen LogP) is 6.84. The Morgan fingerprint density at radius 1 is 0.385 bits per heavy atom. The first-order valence-electron chi connectivity index (χ1n) is 25.2. The first kappa shape index (κ1) is 66.2. The summed E-state index contributed by atoms with van der Waals surface area (Å²) < 4.78 is 88.8. The maximum absolute atomic E-state index is 14.6. The first-order valence-corrected chi connectivity index (χ1v) is 28.4. The predicted molar refractivity (Wildman–Crippen MR) is 297 cm³/mol. The van der Waals surface area contributed by atoms with Crippen molar-refractivity contribution in [2.24, 2.45) is 37.9 Å². The summed E-state index contributed by atoms with van der Waals surface area (Å²) in [5.41, 5.74) is -11.1. The van der Waals surface area contributed by atoms with Crippen molar-refractivity contribution >= 4 is 110 Å². The van der Waals surface area contributed by atoms with E-state index in [1.807, 2.05) is 45.2 Å². The number of rotatable bonds is 20. The van der Waals surface area contributed by atoms with Crippen LogP contribution in [0, 0.1) is 48.6 Å². The van der Waals surface area contributed by atoms with E-state index in [0.717, 1.165) is 3.57 Å². The molecule has 5 rings (SSSR count). The minimum Gasteiger partial charge on any atom is -0.464 e. The first-order chi connectivity index (χ1) is 35.6. The Bertz CT molecular complexity index is 2140. The van der Waals surface area contributed by atoms with Crippen molar-refractivity contribution in [2.45, 2.75) is 127 Å². The van der Waals surface area contributed by atoms with Crippen LogP contribution in [0.25, 0.3) is 0 Å². The zero-order chi connectivity index (χ0) is 58.8. The molecular formula is C53H75I3O22. The van der Waals surface area contributed by atoms with Gasteiger partial charge in [-0.25, -0.2) is 0 Å². The zero-order valence-corrected chi connectivity index (χ0v) is 53.6. The molecule has 1 aromatic rings. The molecule has 0 bridgehead atoms. The van der Waals surface area contributed by atoms with Crippen molar-refractivity contribution in [3.63, 3.8) is 0 Å². The molecule has 0 unspecified atom stereocenters. The zero-order valence-electron chi connectivity index (χ0n) is 47.2. The van der Waals surface area contributed by atoms with Gasteiger partial charge in [0.1, 0.15) is 77.5 Å². The van der Waals surface area contributed by atoms with Crippen LogP contribution in [0.5, 0.6) is 5.75 Å². The molecule has 0 spiro atoms. The molecule has 4 aliphatic heterocycles. The van der Waals surface area contributed by atoms with Crippen LogP contribution in [0.2, 0.25) is 0 Å². The average molecular weight is 1440 g/mol. The minimum atomic E-state index is -2.04. The van der Waals surface area contributed by atoms with E-state index in [2.05, 4.69) is 22.6 Å². The van der Waals surface area contributed by atoms with Gasteiger partial charge in [0, 0.05) is 3.57 Å². The Balaban J connectivity index is 1.43. The third-order valence-corrected chi connectivity index (χ3v) is 15.9. The summed E-state index contributed by atoms with van der Waals surface area (Å²) in [6.45, 7) is 18.8. The minimum absolute atomic E-state index is 0.0746. The lowest BCUT2D eigenvalue weighted by Crippen LogP contribution is -2.52. The van der Waals surface area contributed by atoms with Crippen LogP contribution < -0.4 is 4.74 Å². The van der Waals surface area contributed by atoms with Crippen LogP contribution in [0.4, 0.5) is 0 Å². The number of esters is 7. The van der Waals surface area contributed by atoms with Crippen molar-refractivity contribution < 1.29 is 105 Å². The fourth-order valence-corrected chi connectivity index (χ4v) is 11.0. The lowest BCUT2D eigenvalue weighted by molar-refractivity contribution is -0.283. The van der Waals surface area contributed by atoms with Gasteiger partial charge >= 0.3 is 41.8 Å². The monoisotopic (exact) mass is 1440 g/mol. The normalized spacial score (nSPS) is 21.9. The van der Waals surface area contributed by atoms with Gasteiger partial charge in [-0.15, -0.1) is 0 Å². The molecular weight excluding hydrogens is 1370 g/mol. The van der Waals surface area contributed by atoms with E-state index in [0.29, 0.717) is 7.14 Å². The van der Waals surface area contributed by atoms with Crippen LogP contribution in [0.3, 0.4) is 0 Å². The second-order valence-corrected chi connectivity index (χ2v) is 27.9. The highest BCUT2D eigenvalue weighted by atomic mass is 127. The molecule has 0 atom stereocenters. The van der Waals surface area contributed by atoms with E-state index in [9.17, 15) is 33.6 Å². The number of benzene rings is 1. The molecule has 4 fully saturated rings. The molecule has 440 valence electrons. The van der Waals surface area contributed by atoms with E-state index < -0.39 is 142 Å². The number of halogens is 3. The molecule has 4 aliphatic rings. The summed E-state index contributed by atoms with van der Waals surface area (Å²) in [5, 5.41) is 0. The molecule has 4 heterocycles. The largest absolute Gasteiger partial charge is 0.464 e. The third-order valence-electron chi connectivity index (χ3n) is 13.6. The molecule has 0 radical (unpaired) electrons. The van der Waals surface area contributed by atoms with E-state index in [1.165, 1.54) is 20.8 Å². The highest BCUT2D eigenvalue weighted by molar-refractivity contribution is 14.1. The average Bonchev–Trinajstić information content (AvgIpc) is 3.36. The molecule has 0 aromatic heterocycles. The Morgan fingerprint density at radius 2 is 0.590 bits per heavy atom.